The number of imide groups is 1. The minimum absolute atomic E-state index is 0.0216. The van der Waals surface area contributed by atoms with Gasteiger partial charge in [-0.2, -0.15) is 0 Å². The maximum Gasteiger partial charge on any atom is 0.373 e. The fourth-order valence-corrected chi connectivity index (χ4v) is 4.01. The van der Waals surface area contributed by atoms with Crippen LogP contribution in [0, 0.1) is 13.7 Å². The molecule has 0 bridgehead atoms. The highest BCUT2D eigenvalue weighted by atomic mass is 127. The first-order valence-corrected chi connectivity index (χ1v) is 11.5. The summed E-state index contributed by atoms with van der Waals surface area (Å²) in [6.07, 6.45) is 2.55. The highest BCUT2D eigenvalue weighted by Crippen LogP contribution is 2.37. The minimum Gasteiger partial charge on any atom is -0.493 e. The van der Waals surface area contributed by atoms with Crippen molar-refractivity contribution in [3.8, 4) is 17.4 Å². The Labute approximate surface area is 222 Å². The highest BCUT2D eigenvalue weighted by Gasteiger charge is 2.34. The summed E-state index contributed by atoms with van der Waals surface area (Å²) in [4.78, 5) is 52.0. The molecule has 3 amide bonds. The number of carbonyl (C=O) groups excluding carboxylic acids is 3. The standard InChI is InChI=1S/C23H17IN4O9/c1-34-18-9-12(7-15(24)20(18)37-19-6-3-13(10-25-19)28(32)33)8-16-21(29)27(23(31)26-16)11-14-4-5-17(36-14)22(30)35-2/h3-10H,11H2,1-2H3,(H,26,31)/b16-8-. The van der Waals surface area contributed by atoms with Crippen LogP contribution < -0.4 is 14.8 Å². The van der Waals surface area contributed by atoms with Crippen LogP contribution in [-0.2, 0) is 16.1 Å². The number of urea groups is 1. The number of amides is 3. The molecule has 190 valence electrons. The van der Waals surface area contributed by atoms with E-state index in [0.29, 0.717) is 20.6 Å². The number of halogens is 1. The minimum atomic E-state index is -0.677. The van der Waals surface area contributed by atoms with Crippen molar-refractivity contribution in [2.75, 3.05) is 14.2 Å². The molecule has 14 heteroatoms. The molecule has 0 saturated carbocycles. The van der Waals surface area contributed by atoms with E-state index in [1.165, 1.54) is 44.6 Å². The molecule has 4 rings (SSSR count). The predicted molar refractivity (Wildman–Crippen MR) is 134 cm³/mol. The van der Waals surface area contributed by atoms with Crippen LogP contribution in [0.4, 0.5) is 10.5 Å². The number of esters is 1. The van der Waals surface area contributed by atoms with Gasteiger partial charge in [-0.3, -0.25) is 19.8 Å². The van der Waals surface area contributed by atoms with Crippen molar-refractivity contribution in [1.29, 1.82) is 0 Å². The molecule has 1 aliphatic heterocycles. The Morgan fingerprint density at radius 1 is 1.24 bits per heavy atom. The maximum absolute atomic E-state index is 12.9. The number of benzene rings is 1. The van der Waals surface area contributed by atoms with Gasteiger partial charge in [0.05, 0.1) is 29.3 Å². The smallest absolute Gasteiger partial charge is 0.373 e. The van der Waals surface area contributed by atoms with Gasteiger partial charge in [0.2, 0.25) is 11.6 Å². The number of carbonyl (C=O) groups is 3. The van der Waals surface area contributed by atoms with Crippen LogP contribution in [0.1, 0.15) is 21.9 Å². The van der Waals surface area contributed by atoms with Crippen LogP contribution in [0.3, 0.4) is 0 Å². The summed E-state index contributed by atoms with van der Waals surface area (Å²) in [6.45, 7) is -0.186. The molecule has 1 N–H and O–H groups in total. The normalized spacial score (nSPS) is 14.0. The van der Waals surface area contributed by atoms with Gasteiger partial charge >= 0.3 is 12.0 Å². The first kappa shape index (κ1) is 25.6. The molecule has 0 atom stereocenters. The summed E-state index contributed by atoms with van der Waals surface area (Å²) in [5, 5.41) is 13.3. The third kappa shape index (κ3) is 5.53. The van der Waals surface area contributed by atoms with Gasteiger partial charge in [-0.15, -0.1) is 0 Å². The molecule has 1 aliphatic rings. The summed E-state index contributed by atoms with van der Waals surface area (Å²) >= 11 is 2.00. The second-order valence-corrected chi connectivity index (χ2v) is 8.55. The van der Waals surface area contributed by atoms with Crippen LogP contribution in [0.15, 0.2) is 52.7 Å². The van der Waals surface area contributed by atoms with Crippen LogP contribution in [-0.4, -0.2) is 46.9 Å². The molecule has 2 aromatic heterocycles. The number of nitrogens with one attached hydrogen (secondary N) is 1. The quantitative estimate of drug-likeness (QED) is 0.0977. The Bertz CT molecular complexity index is 1430. The van der Waals surface area contributed by atoms with Crippen molar-refractivity contribution < 1.29 is 37.9 Å². The second-order valence-electron chi connectivity index (χ2n) is 7.38. The number of nitrogens with zero attached hydrogens (tertiary/aromatic N) is 3. The summed E-state index contributed by atoms with van der Waals surface area (Å²) in [5.41, 5.74) is 0.374. The third-order valence-corrected chi connectivity index (χ3v) is 5.83. The van der Waals surface area contributed by atoms with E-state index in [-0.39, 0.29) is 35.3 Å². The number of aromatic nitrogens is 1. The number of pyridine rings is 1. The molecular formula is C23H17IN4O9. The molecule has 0 aliphatic carbocycles. The third-order valence-electron chi connectivity index (χ3n) is 5.03. The zero-order valence-corrected chi connectivity index (χ0v) is 21.4. The van der Waals surface area contributed by atoms with Gasteiger partial charge in [0, 0.05) is 12.1 Å². The van der Waals surface area contributed by atoms with Gasteiger partial charge in [0.15, 0.2) is 11.5 Å². The number of nitro groups is 1. The van der Waals surface area contributed by atoms with E-state index < -0.39 is 22.8 Å². The Morgan fingerprint density at radius 3 is 2.68 bits per heavy atom. The summed E-state index contributed by atoms with van der Waals surface area (Å²) < 4.78 is 21.7. The highest BCUT2D eigenvalue weighted by molar-refractivity contribution is 14.1. The van der Waals surface area contributed by atoms with Crippen LogP contribution in [0.25, 0.3) is 6.08 Å². The van der Waals surface area contributed by atoms with E-state index in [4.69, 9.17) is 13.9 Å². The van der Waals surface area contributed by atoms with Gasteiger partial charge in [-0.25, -0.2) is 14.6 Å². The molecule has 0 radical (unpaired) electrons. The average Bonchev–Trinajstić information content (AvgIpc) is 3.45. The lowest BCUT2D eigenvalue weighted by atomic mass is 10.1. The largest absolute Gasteiger partial charge is 0.493 e. The molecule has 3 heterocycles. The van der Waals surface area contributed by atoms with Crippen LogP contribution >= 0.6 is 22.6 Å². The Hall–Kier alpha value is -4.47. The molecule has 1 aromatic carbocycles. The summed E-state index contributed by atoms with van der Waals surface area (Å²) in [7, 11) is 2.63. The predicted octanol–water partition coefficient (Wildman–Crippen LogP) is 3.87. The Kier molecular flexibility index (Phi) is 7.37. The topological polar surface area (TPSA) is 163 Å². The molecular weight excluding hydrogens is 603 g/mol. The second kappa shape index (κ2) is 10.7. The number of hydrogen-bond acceptors (Lipinski definition) is 10. The summed E-state index contributed by atoms with van der Waals surface area (Å²) in [6, 6.07) is 8.11. The van der Waals surface area contributed by atoms with Crippen molar-refractivity contribution in [3.63, 3.8) is 0 Å². The van der Waals surface area contributed by atoms with E-state index in [1.807, 2.05) is 22.6 Å². The van der Waals surface area contributed by atoms with E-state index in [0.717, 1.165) is 11.1 Å². The van der Waals surface area contributed by atoms with E-state index in [9.17, 15) is 24.5 Å². The first-order chi connectivity index (χ1) is 17.7. The van der Waals surface area contributed by atoms with E-state index >= 15 is 0 Å². The van der Waals surface area contributed by atoms with Crippen LogP contribution in [0.5, 0.6) is 17.4 Å². The SMILES string of the molecule is COC(=O)c1ccc(CN2C(=O)N/C(=C\c3cc(I)c(Oc4ccc([N+](=O)[O-])cn4)c(OC)c3)C2=O)o1. The number of rotatable bonds is 8. The summed E-state index contributed by atoms with van der Waals surface area (Å²) in [5.74, 6) is -0.353. The number of furan rings is 1. The van der Waals surface area contributed by atoms with Crippen LogP contribution in [0.2, 0.25) is 0 Å². The maximum atomic E-state index is 12.9. The molecule has 3 aromatic rings. The molecule has 13 nitrogen and oxygen atoms in total. The van der Waals surface area contributed by atoms with Gasteiger partial charge in [-0.1, -0.05) is 0 Å². The van der Waals surface area contributed by atoms with Gasteiger partial charge in [0.1, 0.15) is 17.7 Å². The number of hydrogen-bond donors (Lipinski definition) is 1. The molecule has 1 fully saturated rings. The molecule has 0 unspecified atom stereocenters. The first-order valence-electron chi connectivity index (χ1n) is 10.4. The monoisotopic (exact) mass is 620 g/mol. The zero-order valence-electron chi connectivity index (χ0n) is 19.2. The van der Waals surface area contributed by atoms with E-state index in [1.54, 1.807) is 12.1 Å². The van der Waals surface area contributed by atoms with Gasteiger partial charge in [-0.05, 0) is 58.5 Å². The fourth-order valence-electron chi connectivity index (χ4n) is 3.28. The van der Waals surface area contributed by atoms with Gasteiger partial charge in [0.25, 0.3) is 11.6 Å². The van der Waals surface area contributed by atoms with Gasteiger partial charge < -0.3 is 23.9 Å². The molecule has 37 heavy (non-hydrogen) atoms. The number of methoxy groups -OCH3 is 2. The molecule has 0 spiro atoms. The Balaban J connectivity index is 1.54. The Morgan fingerprint density at radius 2 is 2.03 bits per heavy atom. The molecule has 1 saturated heterocycles. The van der Waals surface area contributed by atoms with E-state index in [2.05, 4.69) is 15.0 Å². The van der Waals surface area contributed by atoms with Crippen molar-refractivity contribution in [2.24, 2.45) is 0 Å². The zero-order chi connectivity index (χ0) is 26.7. The lowest BCUT2D eigenvalue weighted by Gasteiger charge is -2.13. The lowest BCUT2D eigenvalue weighted by Crippen LogP contribution is -2.30. The van der Waals surface area contributed by atoms with Crippen molar-refractivity contribution in [2.45, 2.75) is 6.54 Å². The fraction of sp³-hybridized carbons (Fsp3) is 0.130. The average molecular weight is 620 g/mol. The van der Waals surface area contributed by atoms with Crippen molar-refractivity contribution in [3.05, 3.63) is 79.1 Å². The van der Waals surface area contributed by atoms with Crippen molar-refractivity contribution >= 4 is 52.3 Å². The lowest BCUT2D eigenvalue weighted by molar-refractivity contribution is -0.385. The van der Waals surface area contributed by atoms with Crippen molar-refractivity contribution in [1.82, 2.24) is 15.2 Å². The number of ether oxygens (including phenoxy) is 3.